The van der Waals surface area contributed by atoms with Crippen molar-refractivity contribution in [2.24, 2.45) is 0 Å². The number of nitrogens with zero attached hydrogens (tertiary/aromatic N) is 4. The number of hydrogen-bond donors (Lipinski definition) is 2. The number of hydrogen-bond acceptors (Lipinski definition) is 7. The molecule has 0 spiro atoms. The Morgan fingerprint density at radius 3 is 2.53 bits per heavy atom. The van der Waals surface area contributed by atoms with Gasteiger partial charge in [-0.15, -0.1) is 5.10 Å². The van der Waals surface area contributed by atoms with Crippen LogP contribution in [0.1, 0.15) is 5.56 Å². The summed E-state index contributed by atoms with van der Waals surface area (Å²) in [6.45, 7) is 1.81. The lowest BCUT2D eigenvalue weighted by Crippen LogP contribution is -2.35. The third-order valence-electron chi connectivity index (χ3n) is 5.47. The average Bonchev–Trinajstić information content (AvgIpc) is 2.91. The van der Waals surface area contributed by atoms with Crippen molar-refractivity contribution < 1.29 is 22.3 Å². The van der Waals surface area contributed by atoms with Crippen LogP contribution in [0.25, 0.3) is 11.1 Å². The van der Waals surface area contributed by atoms with Crippen LogP contribution in [0.15, 0.2) is 71.9 Å². The van der Waals surface area contributed by atoms with Gasteiger partial charge in [0.1, 0.15) is 22.3 Å². The summed E-state index contributed by atoms with van der Waals surface area (Å²) in [6, 6.07) is 12.6. The standard InChI is InChI=1S/C25H22ClFN6O4S/c1-15-11-16(6-8-19(15)26)18-12-22(37-3)21(13-20(18)27)33(25(34)28-2)24-9-7-17(14-29-24)38(35,36)32-23-5-4-10-30-31-23/h4-14H,1-3H3,(H,28,34)(H,31,32). The normalized spacial score (nSPS) is 11.1. The quantitative estimate of drug-likeness (QED) is 0.330. The minimum Gasteiger partial charge on any atom is -0.495 e. The number of amides is 2. The fraction of sp³-hybridized carbons (Fsp3) is 0.120. The van der Waals surface area contributed by atoms with Gasteiger partial charge in [0, 0.05) is 36.1 Å². The highest BCUT2D eigenvalue weighted by molar-refractivity contribution is 7.92. The number of halogens is 2. The van der Waals surface area contributed by atoms with Crippen LogP contribution in [0.5, 0.6) is 5.75 Å². The van der Waals surface area contributed by atoms with Gasteiger partial charge in [-0.3, -0.25) is 4.72 Å². The molecule has 0 atom stereocenters. The molecule has 0 fully saturated rings. The number of carbonyl (C=O) groups is 1. The Labute approximate surface area is 223 Å². The van der Waals surface area contributed by atoms with E-state index in [-0.39, 0.29) is 33.5 Å². The van der Waals surface area contributed by atoms with E-state index in [1.165, 1.54) is 50.7 Å². The van der Waals surface area contributed by atoms with Crippen LogP contribution in [-0.4, -0.2) is 43.8 Å². The molecule has 10 nitrogen and oxygen atoms in total. The molecule has 0 unspecified atom stereocenters. The Morgan fingerprint density at radius 1 is 1.13 bits per heavy atom. The number of carbonyl (C=O) groups excluding carboxylic acids is 1. The summed E-state index contributed by atoms with van der Waals surface area (Å²) in [5.74, 6) is -0.389. The molecule has 4 rings (SSSR count). The Bertz CT molecular complexity index is 1590. The second-order valence-corrected chi connectivity index (χ2v) is 10.0. The summed E-state index contributed by atoms with van der Waals surface area (Å²) < 4.78 is 48.6. The SMILES string of the molecule is CNC(=O)N(c1ccc(S(=O)(=O)Nc2cccnn2)cn1)c1cc(F)c(-c2ccc(Cl)c(C)c2)cc1OC. The topological polar surface area (TPSA) is 126 Å². The van der Waals surface area contributed by atoms with E-state index in [0.29, 0.717) is 10.6 Å². The van der Waals surface area contributed by atoms with Crippen LogP contribution in [0.2, 0.25) is 5.02 Å². The minimum atomic E-state index is -4.04. The van der Waals surface area contributed by atoms with Crippen LogP contribution < -0.4 is 19.7 Å². The van der Waals surface area contributed by atoms with Crippen LogP contribution in [0.4, 0.5) is 26.5 Å². The number of anilines is 3. The first-order valence-electron chi connectivity index (χ1n) is 11.1. The van der Waals surface area contributed by atoms with Crippen LogP contribution in [-0.2, 0) is 10.0 Å². The summed E-state index contributed by atoms with van der Waals surface area (Å²) in [7, 11) is -1.26. The Hall–Kier alpha value is -4.29. The summed E-state index contributed by atoms with van der Waals surface area (Å²) in [6.07, 6.45) is 2.47. The lowest BCUT2D eigenvalue weighted by molar-refractivity contribution is 0.250. The first-order valence-corrected chi connectivity index (χ1v) is 12.9. The van der Waals surface area contributed by atoms with E-state index in [0.717, 1.165) is 22.7 Å². The summed E-state index contributed by atoms with van der Waals surface area (Å²) in [4.78, 5) is 17.9. The minimum absolute atomic E-state index is 0.0237. The molecule has 0 aliphatic rings. The van der Waals surface area contributed by atoms with Crippen LogP contribution in [0, 0.1) is 12.7 Å². The van der Waals surface area contributed by atoms with E-state index < -0.39 is 21.9 Å². The van der Waals surface area contributed by atoms with Crippen molar-refractivity contribution >= 4 is 45.0 Å². The summed E-state index contributed by atoms with van der Waals surface area (Å²) >= 11 is 6.11. The van der Waals surface area contributed by atoms with Crippen molar-refractivity contribution in [1.29, 1.82) is 0 Å². The number of aromatic nitrogens is 3. The monoisotopic (exact) mass is 556 g/mol. The maximum Gasteiger partial charge on any atom is 0.327 e. The second-order valence-electron chi connectivity index (χ2n) is 7.92. The van der Waals surface area contributed by atoms with Gasteiger partial charge in [-0.05, 0) is 60.5 Å². The number of aryl methyl sites for hydroxylation is 1. The number of pyridine rings is 1. The number of sulfonamides is 1. The van der Waals surface area contributed by atoms with Gasteiger partial charge in [0.05, 0.1) is 12.8 Å². The molecule has 2 aromatic heterocycles. The molecular formula is C25H22ClFN6O4S. The summed E-state index contributed by atoms with van der Waals surface area (Å²) in [5.41, 5.74) is 1.64. The maximum absolute atomic E-state index is 15.4. The maximum atomic E-state index is 15.4. The Kier molecular flexibility index (Phi) is 7.74. The van der Waals surface area contributed by atoms with E-state index >= 15 is 4.39 Å². The van der Waals surface area contributed by atoms with E-state index in [9.17, 15) is 13.2 Å². The fourth-order valence-electron chi connectivity index (χ4n) is 3.58. The fourth-order valence-corrected chi connectivity index (χ4v) is 4.64. The third kappa shape index (κ3) is 5.50. The molecule has 0 bridgehead atoms. The molecule has 0 saturated heterocycles. The molecule has 0 aliphatic heterocycles. The van der Waals surface area contributed by atoms with E-state index in [2.05, 4.69) is 25.2 Å². The molecule has 2 N–H and O–H groups in total. The number of benzene rings is 2. The summed E-state index contributed by atoms with van der Waals surface area (Å²) in [5, 5.41) is 10.4. The van der Waals surface area contributed by atoms with Crippen molar-refractivity contribution in [2.45, 2.75) is 11.8 Å². The zero-order chi connectivity index (χ0) is 27.4. The molecule has 2 heterocycles. The largest absolute Gasteiger partial charge is 0.495 e. The lowest BCUT2D eigenvalue weighted by Gasteiger charge is -2.24. The van der Waals surface area contributed by atoms with Crippen molar-refractivity contribution in [3.63, 3.8) is 0 Å². The van der Waals surface area contributed by atoms with Gasteiger partial charge in [-0.2, -0.15) is 5.10 Å². The number of ether oxygens (including phenoxy) is 1. The van der Waals surface area contributed by atoms with Crippen molar-refractivity contribution in [2.75, 3.05) is 23.8 Å². The zero-order valence-electron chi connectivity index (χ0n) is 20.4. The van der Waals surface area contributed by atoms with E-state index in [1.807, 2.05) is 0 Å². The molecule has 2 amide bonds. The molecule has 2 aromatic carbocycles. The van der Waals surface area contributed by atoms with Crippen LogP contribution >= 0.6 is 11.6 Å². The molecular weight excluding hydrogens is 535 g/mol. The second kappa shape index (κ2) is 11.0. The molecule has 0 saturated carbocycles. The Morgan fingerprint density at radius 2 is 1.92 bits per heavy atom. The molecule has 4 aromatic rings. The first-order chi connectivity index (χ1) is 18.1. The van der Waals surface area contributed by atoms with Gasteiger partial charge < -0.3 is 10.1 Å². The van der Waals surface area contributed by atoms with Gasteiger partial charge in [-0.25, -0.2) is 27.5 Å². The van der Waals surface area contributed by atoms with E-state index in [4.69, 9.17) is 16.3 Å². The highest BCUT2D eigenvalue weighted by Crippen LogP contribution is 2.39. The third-order valence-corrected chi connectivity index (χ3v) is 7.23. The van der Waals surface area contributed by atoms with Gasteiger partial charge in [0.2, 0.25) is 0 Å². The smallest absolute Gasteiger partial charge is 0.327 e. The number of nitrogens with one attached hydrogen (secondary N) is 2. The van der Waals surface area contributed by atoms with Gasteiger partial charge in [-0.1, -0.05) is 17.7 Å². The van der Waals surface area contributed by atoms with Crippen molar-refractivity contribution in [1.82, 2.24) is 20.5 Å². The zero-order valence-corrected chi connectivity index (χ0v) is 22.0. The van der Waals surface area contributed by atoms with E-state index in [1.54, 1.807) is 25.1 Å². The predicted molar refractivity (Wildman–Crippen MR) is 142 cm³/mol. The number of rotatable bonds is 7. The average molecular weight is 557 g/mol. The van der Waals surface area contributed by atoms with Crippen molar-refractivity contribution in [3.8, 4) is 16.9 Å². The highest BCUT2D eigenvalue weighted by Gasteiger charge is 2.25. The molecule has 0 radical (unpaired) electrons. The number of urea groups is 1. The molecule has 38 heavy (non-hydrogen) atoms. The predicted octanol–water partition coefficient (Wildman–Crippen LogP) is 4.93. The van der Waals surface area contributed by atoms with Gasteiger partial charge >= 0.3 is 6.03 Å². The highest BCUT2D eigenvalue weighted by atomic mass is 35.5. The first kappa shape index (κ1) is 26.8. The Balaban J connectivity index is 1.74. The van der Waals surface area contributed by atoms with Crippen molar-refractivity contribution in [3.05, 3.63) is 83.4 Å². The molecule has 13 heteroatoms. The van der Waals surface area contributed by atoms with Crippen LogP contribution in [0.3, 0.4) is 0 Å². The molecule has 196 valence electrons. The lowest BCUT2D eigenvalue weighted by atomic mass is 10.0. The van der Waals surface area contributed by atoms with Gasteiger partial charge in [0.15, 0.2) is 5.82 Å². The van der Waals surface area contributed by atoms with Gasteiger partial charge in [0.25, 0.3) is 10.0 Å². The number of methoxy groups -OCH3 is 1. The molecule has 0 aliphatic carbocycles.